The standard InChI is InChI=1S/C6H7.Co/c1-6-4-2-3-5-6;/h4-5H,2H2,1H3;. The molecule has 1 aliphatic rings. The van der Waals surface area contributed by atoms with Crippen molar-refractivity contribution in [3.05, 3.63) is 22.2 Å². The summed E-state index contributed by atoms with van der Waals surface area (Å²) in [5.41, 5.74) is 1.34. The number of hydrogen-bond donors (Lipinski definition) is 0. The molecule has 0 atom stereocenters. The first-order chi connectivity index (χ1) is 3.29. The average molecular weight is 138 g/mol. The zero-order valence-electron chi connectivity index (χ0n) is 4.20. The van der Waals surface area contributed by atoms with Crippen molar-refractivity contribution < 1.29 is 15.7 Å². The van der Waals surface area contributed by atoms with Crippen molar-refractivity contribution in [1.29, 1.82) is 0 Å². The van der Waals surface area contributed by atoms with Gasteiger partial charge in [0.2, 0.25) is 0 Å². The van der Waals surface area contributed by atoms with Gasteiger partial charge in [-0.1, -0.05) is 0 Å². The molecule has 0 fully saturated rings. The predicted octanol–water partition coefficient (Wildman–Crippen LogP) is 1.77. The van der Waals surface area contributed by atoms with E-state index in [1.54, 1.807) is 0 Å². The van der Waals surface area contributed by atoms with Crippen molar-refractivity contribution in [2.24, 2.45) is 0 Å². The van der Waals surface area contributed by atoms with Gasteiger partial charge in [0.1, 0.15) is 0 Å². The van der Waals surface area contributed by atoms with Crippen LogP contribution in [0.15, 0.2) is 22.2 Å². The molecule has 0 heterocycles. The van der Waals surface area contributed by atoms with Crippen molar-refractivity contribution in [3.63, 3.8) is 0 Å². The number of rotatable bonds is 0. The Bertz CT molecular complexity index is 131. The predicted molar refractivity (Wildman–Crippen MR) is 26.5 cm³/mol. The second-order valence-corrected chi connectivity index (χ2v) is 2.38. The van der Waals surface area contributed by atoms with Crippen molar-refractivity contribution in [3.8, 4) is 0 Å². The third-order valence-electron chi connectivity index (χ3n) is 0.988. The molecule has 0 aliphatic heterocycles. The Labute approximate surface area is 51.9 Å². The van der Waals surface area contributed by atoms with Crippen LogP contribution in [0.3, 0.4) is 0 Å². The number of hydrogen-bond acceptors (Lipinski definition) is 0. The summed E-state index contributed by atoms with van der Waals surface area (Å²) in [7, 11) is 0. The number of allylic oxidation sites excluding steroid dienone is 4. The summed E-state index contributed by atoms with van der Waals surface area (Å²) in [5, 5.41) is 0. The van der Waals surface area contributed by atoms with Gasteiger partial charge in [-0.05, 0) is 0 Å². The minimum absolute atomic E-state index is 1.03. The molecule has 0 saturated carbocycles. The van der Waals surface area contributed by atoms with Crippen molar-refractivity contribution >= 4 is 0 Å². The van der Waals surface area contributed by atoms with E-state index in [2.05, 4.69) is 34.8 Å². The molecule has 0 N–H and O–H groups in total. The van der Waals surface area contributed by atoms with Gasteiger partial charge >= 0.3 is 51.3 Å². The van der Waals surface area contributed by atoms with Gasteiger partial charge in [0.15, 0.2) is 0 Å². The van der Waals surface area contributed by atoms with E-state index in [-0.39, 0.29) is 0 Å². The third-order valence-corrected chi connectivity index (χ3v) is 1.35. The first-order valence-corrected chi connectivity index (χ1v) is 2.82. The van der Waals surface area contributed by atoms with Gasteiger partial charge in [0, 0.05) is 0 Å². The van der Waals surface area contributed by atoms with Crippen LogP contribution < -0.4 is 0 Å². The van der Waals surface area contributed by atoms with Crippen molar-refractivity contribution in [1.82, 2.24) is 0 Å². The molecule has 0 aromatic rings. The van der Waals surface area contributed by atoms with Crippen LogP contribution in [0.5, 0.6) is 0 Å². The zero-order chi connectivity index (χ0) is 5.28. The van der Waals surface area contributed by atoms with Crippen LogP contribution in [0.25, 0.3) is 0 Å². The molecule has 1 aliphatic carbocycles. The Morgan fingerprint density at radius 3 is 2.57 bits per heavy atom. The maximum atomic E-state index is 4.21. The fourth-order valence-corrected chi connectivity index (χ4v) is 0.952. The topological polar surface area (TPSA) is 0 Å². The van der Waals surface area contributed by atoms with E-state index in [9.17, 15) is 0 Å². The molecule has 7 heavy (non-hydrogen) atoms. The second kappa shape index (κ2) is 1.84. The first kappa shape index (κ1) is 5.13. The molecular formula is C6H7Co. The molecule has 40 valence electrons. The first-order valence-electron chi connectivity index (χ1n) is 2.29. The molecule has 0 amide bonds. The third kappa shape index (κ3) is 1.18. The van der Waals surface area contributed by atoms with Crippen LogP contribution in [0.4, 0.5) is 0 Å². The average Bonchev–Trinajstić information content (AvgIpc) is 1.87. The Balaban J connectivity index is 2.69. The summed E-state index contributed by atoms with van der Waals surface area (Å²) in [6.07, 6.45) is 5.28. The van der Waals surface area contributed by atoms with Gasteiger partial charge in [-0.25, -0.2) is 0 Å². The summed E-state index contributed by atoms with van der Waals surface area (Å²) in [4.78, 5) is 0. The Morgan fingerprint density at radius 2 is 2.43 bits per heavy atom. The van der Waals surface area contributed by atoms with E-state index in [0.717, 1.165) is 6.42 Å². The minimum atomic E-state index is 1.03. The van der Waals surface area contributed by atoms with E-state index in [0.29, 0.717) is 0 Å². The van der Waals surface area contributed by atoms with Crippen LogP contribution >= 0.6 is 0 Å². The fraction of sp³-hybridized carbons (Fsp3) is 0.333. The molecule has 0 saturated heterocycles. The molecule has 0 nitrogen and oxygen atoms in total. The van der Waals surface area contributed by atoms with Crippen LogP contribution in [0, 0.1) is 0 Å². The molecule has 1 rings (SSSR count). The summed E-state index contributed by atoms with van der Waals surface area (Å²) >= 11 is 4.21. The quantitative estimate of drug-likeness (QED) is 0.478. The summed E-state index contributed by atoms with van der Waals surface area (Å²) in [6, 6.07) is 0. The van der Waals surface area contributed by atoms with Gasteiger partial charge in [0.05, 0.1) is 0 Å². The van der Waals surface area contributed by atoms with Gasteiger partial charge in [-0.15, -0.1) is 0 Å². The van der Waals surface area contributed by atoms with Gasteiger partial charge in [-0.2, -0.15) is 0 Å². The summed E-state index contributed by atoms with van der Waals surface area (Å²) in [5.74, 6) is 0. The van der Waals surface area contributed by atoms with Crippen molar-refractivity contribution in [2.75, 3.05) is 0 Å². The normalized spacial score (nSPS) is 19.3. The van der Waals surface area contributed by atoms with Crippen molar-refractivity contribution in [2.45, 2.75) is 13.3 Å². The van der Waals surface area contributed by atoms with E-state index >= 15 is 0 Å². The van der Waals surface area contributed by atoms with E-state index in [1.807, 2.05) is 0 Å². The molecule has 1 heteroatoms. The molecule has 0 unspecified atom stereocenters. The van der Waals surface area contributed by atoms with Crippen LogP contribution in [0.1, 0.15) is 13.3 Å². The van der Waals surface area contributed by atoms with E-state index in [4.69, 9.17) is 0 Å². The monoisotopic (exact) mass is 138 g/mol. The van der Waals surface area contributed by atoms with Crippen LogP contribution in [-0.4, -0.2) is 0 Å². The molecule has 0 aromatic heterocycles. The van der Waals surface area contributed by atoms with Gasteiger partial charge in [0.25, 0.3) is 0 Å². The van der Waals surface area contributed by atoms with E-state index < -0.39 is 0 Å². The summed E-state index contributed by atoms with van der Waals surface area (Å²) < 4.78 is 1.17. The van der Waals surface area contributed by atoms with Crippen LogP contribution in [0.2, 0.25) is 0 Å². The molecule has 0 aromatic carbocycles. The SMILES string of the molecule is CC1=CC[C]([Co])=C1. The van der Waals surface area contributed by atoms with Gasteiger partial charge < -0.3 is 0 Å². The zero-order valence-corrected chi connectivity index (χ0v) is 5.24. The molecule has 0 spiro atoms. The van der Waals surface area contributed by atoms with Gasteiger partial charge in [-0.3, -0.25) is 0 Å². The Kier molecular flexibility index (Phi) is 1.35. The molecule has 0 radical (unpaired) electrons. The maximum absolute atomic E-state index is 4.21. The molecular weight excluding hydrogens is 131 g/mol. The Morgan fingerprint density at radius 1 is 1.71 bits per heavy atom. The summed E-state index contributed by atoms with van der Waals surface area (Å²) in [6.45, 7) is 2.09. The molecule has 0 bridgehead atoms. The van der Waals surface area contributed by atoms with E-state index in [1.165, 1.54) is 10.1 Å². The second-order valence-electron chi connectivity index (χ2n) is 1.71. The van der Waals surface area contributed by atoms with Crippen LogP contribution in [-0.2, 0) is 15.7 Å². The Hall–Kier alpha value is -0.0135. The fourth-order valence-electron chi connectivity index (χ4n) is 0.609.